The number of nitrogens with zero attached hydrogens (tertiary/aromatic N) is 1. The van der Waals surface area contributed by atoms with Crippen molar-refractivity contribution in [2.24, 2.45) is 17.1 Å². The fourth-order valence-corrected chi connectivity index (χ4v) is 6.75. The standard InChI is InChI=1S/C38H60N4O7/c1-29-28-42(34-25-38(2,3)26-35(43)36(29)34)31-10-11-32(37(39)44)33(24-31)41-13-7-15-46-17-19-48-21-23-49-22-20-47-18-16-45-14-6-12-40-27-30-8-4-5-9-30/h10-11,24,28,30,40-41H,4-9,12-23,25-27H2,1-3H3,(H2,39,44). The zero-order chi connectivity index (χ0) is 34.9. The van der Waals surface area contributed by atoms with Gasteiger partial charge in [0.15, 0.2) is 5.78 Å². The van der Waals surface area contributed by atoms with E-state index < -0.39 is 5.91 Å². The molecule has 0 radical (unpaired) electrons. The van der Waals surface area contributed by atoms with Gasteiger partial charge < -0.3 is 44.6 Å². The fourth-order valence-electron chi connectivity index (χ4n) is 6.75. The number of ketones is 1. The molecule has 1 fully saturated rings. The van der Waals surface area contributed by atoms with Gasteiger partial charge in [-0.3, -0.25) is 9.59 Å². The van der Waals surface area contributed by atoms with Gasteiger partial charge in [0.1, 0.15) is 0 Å². The van der Waals surface area contributed by atoms with Gasteiger partial charge in [-0.25, -0.2) is 0 Å². The van der Waals surface area contributed by atoms with Crippen LogP contribution < -0.4 is 16.4 Å². The molecule has 0 aliphatic heterocycles. The molecule has 11 nitrogen and oxygen atoms in total. The van der Waals surface area contributed by atoms with E-state index in [1.54, 1.807) is 6.07 Å². The summed E-state index contributed by atoms with van der Waals surface area (Å²) in [5.74, 6) is 0.583. The minimum Gasteiger partial charge on any atom is -0.384 e. The van der Waals surface area contributed by atoms with Gasteiger partial charge in [0.05, 0.1) is 58.4 Å². The van der Waals surface area contributed by atoms with Crippen LogP contribution in [0, 0.1) is 18.3 Å². The Kier molecular flexibility index (Phi) is 16.5. The van der Waals surface area contributed by atoms with E-state index in [9.17, 15) is 9.59 Å². The SMILES string of the molecule is Cc1cn(-c2ccc(C(N)=O)c(NCCCOCCOCCOCCOCCOCCCNCC3CCCC3)c2)c2c1C(=O)CC(C)(C)C2. The molecule has 0 spiro atoms. The minimum absolute atomic E-state index is 0.101. The molecule has 2 aliphatic carbocycles. The first-order valence-electron chi connectivity index (χ1n) is 18.3. The summed E-state index contributed by atoms with van der Waals surface area (Å²) >= 11 is 0. The fraction of sp³-hybridized carbons (Fsp3) is 0.684. The smallest absolute Gasteiger partial charge is 0.250 e. The number of aryl methyl sites for hydroxylation is 1. The Labute approximate surface area is 292 Å². The Bertz CT molecular complexity index is 1310. The van der Waals surface area contributed by atoms with E-state index in [-0.39, 0.29) is 11.2 Å². The topological polar surface area (TPSA) is 135 Å². The maximum absolute atomic E-state index is 12.9. The number of ether oxygens (including phenoxy) is 5. The molecule has 2 aromatic rings. The number of nitrogens with two attached hydrogens (primary N) is 1. The third-order valence-electron chi connectivity index (χ3n) is 9.23. The molecule has 1 heterocycles. The number of benzene rings is 1. The molecular formula is C38H60N4O7. The lowest BCUT2D eigenvalue weighted by Gasteiger charge is -2.30. The zero-order valence-electron chi connectivity index (χ0n) is 30.1. The number of carbonyl (C=O) groups is 2. The molecule has 2 aliphatic rings. The van der Waals surface area contributed by atoms with E-state index in [0.29, 0.717) is 83.7 Å². The molecule has 1 saturated carbocycles. The van der Waals surface area contributed by atoms with Crippen LogP contribution in [0.1, 0.15) is 90.8 Å². The van der Waals surface area contributed by atoms with E-state index in [2.05, 4.69) is 29.0 Å². The first-order valence-corrected chi connectivity index (χ1v) is 18.3. The minimum atomic E-state index is -0.491. The van der Waals surface area contributed by atoms with Gasteiger partial charge in [0.2, 0.25) is 0 Å². The van der Waals surface area contributed by atoms with Crippen LogP contribution in [-0.4, -0.2) is 102 Å². The number of hydrogen-bond acceptors (Lipinski definition) is 9. The second kappa shape index (κ2) is 20.8. The average molecular weight is 685 g/mol. The number of hydrogen-bond donors (Lipinski definition) is 3. The number of fused-ring (bicyclic) bond motifs is 1. The molecule has 11 heteroatoms. The monoisotopic (exact) mass is 684 g/mol. The van der Waals surface area contributed by atoms with Gasteiger partial charge in [0, 0.05) is 55.0 Å². The third-order valence-corrected chi connectivity index (χ3v) is 9.23. The Morgan fingerprint density at radius 1 is 0.857 bits per heavy atom. The van der Waals surface area contributed by atoms with Crippen LogP contribution in [-0.2, 0) is 30.1 Å². The molecule has 0 unspecified atom stereocenters. The normalized spacial score (nSPS) is 15.9. The molecule has 0 atom stereocenters. The summed E-state index contributed by atoms with van der Waals surface area (Å²) in [5, 5.41) is 6.90. The Balaban J connectivity index is 0.991. The molecule has 4 rings (SSSR count). The summed E-state index contributed by atoms with van der Waals surface area (Å²) in [6.45, 7) is 14.6. The third kappa shape index (κ3) is 13.1. The van der Waals surface area contributed by atoms with Crippen LogP contribution in [0.5, 0.6) is 0 Å². The predicted octanol–water partition coefficient (Wildman–Crippen LogP) is 5.09. The molecule has 274 valence electrons. The second-order valence-corrected chi connectivity index (χ2v) is 14.1. The number of rotatable bonds is 25. The maximum Gasteiger partial charge on any atom is 0.250 e. The summed E-state index contributed by atoms with van der Waals surface area (Å²) in [6, 6.07) is 5.56. The molecule has 1 aromatic heterocycles. The number of aromatic nitrogens is 1. The highest BCUT2D eigenvalue weighted by Crippen LogP contribution is 2.38. The lowest BCUT2D eigenvalue weighted by Crippen LogP contribution is -2.28. The van der Waals surface area contributed by atoms with Crippen molar-refractivity contribution in [3.8, 4) is 5.69 Å². The van der Waals surface area contributed by atoms with Crippen molar-refractivity contribution in [1.29, 1.82) is 0 Å². The predicted molar refractivity (Wildman–Crippen MR) is 192 cm³/mol. The summed E-state index contributed by atoms with van der Waals surface area (Å²) in [4.78, 5) is 25.0. The lowest BCUT2D eigenvalue weighted by atomic mass is 9.75. The van der Waals surface area contributed by atoms with E-state index in [1.165, 1.54) is 25.7 Å². The van der Waals surface area contributed by atoms with E-state index in [4.69, 9.17) is 29.4 Å². The zero-order valence-corrected chi connectivity index (χ0v) is 30.1. The highest BCUT2D eigenvalue weighted by molar-refractivity contribution is 6.01. The Morgan fingerprint density at radius 2 is 1.43 bits per heavy atom. The number of amides is 1. The van der Waals surface area contributed by atoms with Gasteiger partial charge in [-0.15, -0.1) is 0 Å². The average Bonchev–Trinajstić information content (AvgIpc) is 3.70. The number of primary amides is 1. The quantitative estimate of drug-likeness (QED) is 0.122. The largest absolute Gasteiger partial charge is 0.384 e. The number of anilines is 1. The highest BCUT2D eigenvalue weighted by Gasteiger charge is 2.34. The molecule has 0 saturated heterocycles. The van der Waals surface area contributed by atoms with Gasteiger partial charge >= 0.3 is 0 Å². The summed E-state index contributed by atoms with van der Waals surface area (Å²) in [7, 11) is 0. The lowest BCUT2D eigenvalue weighted by molar-refractivity contribution is -0.0111. The second-order valence-electron chi connectivity index (χ2n) is 14.1. The summed E-state index contributed by atoms with van der Waals surface area (Å²) in [5.41, 5.74) is 10.4. The van der Waals surface area contributed by atoms with Crippen molar-refractivity contribution in [1.82, 2.24) is 9.88 Å². The summed E-state index contributed by atoms with van der Waals surface area (Å²) < 4.78 is 30.1. The Hall–Kier alpha value is -2.80. The number of Topliss-reactive ketones (excluding diaryl/α,β-unsaturated/α-hetero) is 1. The summed E-state index contributed by atoms with van der Waals surface area (Å²) in [6.07, 6.45) is 10.7. The Morgan fingerprint density at radius 3 is 2.02 bits per heavy atom. The molecule has 49 heavy (non-hydrogen) atoms. The first-order chi connectivity index (χ1) is 23.7. The maximum atomic E-state index is 12.9. The van der Waals surface area contributed by atoms with Crippen LogP contribution >= 0.6 is 0 Å². The van der Waals surface area contributed by atoms with E-state index in [1.807, 2.05) is 25.3 Å². The molecule has 4 N–H and O–H groups in total. The number of carbonyl (C=O) groups excluding carboxylic acids is 2. The van der Waals surface area contributed by atoms with Crippen molar-refractivity contribution < 1.29 is 33.3 Å². The molecule has 1 amide bonds. The van der Waals surface area contributed by atoms with Crippen LogP contribution in [0.25, 0.3) is 5.69 Å². The first kappa shape index (κ1) is 39.0. The van der Waals surface area contributed by atoms with Gasteiger partial charge in [-0.2, -0.15) is 0 Å². The van der Waals surface area contributed by atoms with Crippen molar-refractivity contribution in [3.63, 3.8) is 0 Å². The van der Waals surface area contributed by atoms with E-state index >= 15 is 0 Å². The number of nitrogens with one attached hydrogen (secondary N) is 2. The van der Waals surface area contributed by atoms with Crippen molar-refractivity contribution in [3.05, 3.63) is 46.8 Å². The van der Waals surface area contributed by atoms with Gasteiger partial charge in [-0.05, 0) is 87.2 Å². The van der Waals surface area contributed by atoms with Crippen LogP contribution in [0.2, 0.25) is 0 Å². The van der Waals surface area contributed by atoms with Crippen LogP contribution in [0.4, 0.5) is 5.69 Å². The highest BCUT2D eigenvalue weighted by atomic mass is 16.6. The van der Waals surface area contributed by atoms with Crippen molar-refractivity contribution >= 4 is 17.4 Å². The van der Waals surface area contributed by atoms with Crippen molar-refractivity contribution in [2.45, 2.75) is 72.1 Å². The molecular weight excluding hydrogens is 624 g/mol. The van der Waals surface area contributed by atoms with Crippen molar-refractivity contribution in [2.75, 3.05) is 91.0 Å². The van der Waals surface area contributed by atoms with Gasteiger partial charge in [0.25, 0.3) is 5.91 Å². The van der Waals surface area contributed by atoms with Crippen LogP contribution in [0.15, 0.2) is 24.4 Å². The van der Waals surface area contributed by atoms with E-state index in [0.717, 1.165) is 67.4 Å². The van der Waals surface area contributed by atoms with Gasteiger partial charge in [-0.1, -0.05) is 26.7 Å². The molecule has 0 bridgehead atoms. The van der Waals surface area contributed by atoms with Crippen LogP contribution in [0.3, 0.4) is 0 Å². The molecule has 1 aromatic carbocycles.